The Bertz CT molecular complexity index is 638. The van der Waals surface area contributed by atoms with Crippen LogP contribution in [0, 0.1) is 25.2 Å². The number of aromatic nitrogens is 2. The number of nitrogens with zero attached hydrogens (tertiary/aromatic N) is 3. The third-order valence-electron chi connectivity index (χ3n) is 3.52. The van der Waals surface area contributed by atoms with Gasteiger partial charge in [0.2, 0.25) is 0 Å². The molecule has 0 fully saturated rings. The van der Waals surface area contributed by atoms with E-state index in [0.29, 0.717) is 0 Å². The average molecular weight is 284 g/mol. The van der Waals surface area contributed by atoms with Crippen LogP contribution < -0.4 is 10.1 Å². The fourth-order valence-corrected chi connectivity index (χ4v) is 2.22. The highest BCUT2D eigenvalue weighted by molar-refractivity contribution is 5.28. The second kappa shape index (κ2) is 6.91. The maximum absolute atomic E-state index is 8.46. The Morgan fingerprint density at radius 2 is 1.95 bits per heavy atom. The summed E-state index contributed by atoms with van der Waals surface area (Å²) in [7, 11) is 1.96. The Kier molecular flexibility index (Phi) is 4.96. The van der Waals surface area contributed by atoms with Crippen LogP contribution in [0.1, 0.15) is 22.5 Å². The van der Waals surface area contributed by atoms with Gasteiger partial charge in [0, 0.05) is 31.4 Å². The van der Waals surface area contributed by atoms with Crippen molar-refractivity contribution in [2.45, 2.75) is 26.9 Å². The highest BCUT2D eigenvalue weighted by Gasteiger charge is 2.08. The van der Waals surface area contributed by atoms with Crippen LogP contribution in [0.25, 0.3) is 0 Å². The molecule has 0 saturated carbocycles. The summed E-state index contributed by atoms with van der Waals surface area (Å²) in [4.78, 5) is 0. The van der Waals surface area contributed by atoms with Crippen molar-refractivity contribution in [3.63, 3.8) is 0 Å². The summed E-state index contributed by atoms with van der Waals surface area (Å²) in [5, 5.41) is 16.3. The molecule has 0 spiro atoms. The van der Waals surface area contributed by atoms with Gasteiger partial charge in [0.05, 0.1) is 5.69 Å². The number of benzene rings is 1. The van der Waals surface area contributed by atoms with E-state index < -0.39 is 0 Å². The monoisotopic (exact) mass is 284 g/mol. The van der Waals surface area contributed by atoms with Crippen molar-refractivity contribution in [3.05, 3.63) is 46.8 Å². The summed E-state index contributed by atoms with van der Waals surface area (Å²) in [5.41, 5.74) is 4.70. The molecule has 0 unspecified atom stereocenters. The molecular weight excluding hydrogens is 264 g/mol. The van der Waals surface area contributed by atoms with Crippen molar-refractivity contribution in [2.75, 3.05) is 6.61 Å². The molecule has 5 heteroatoms. The first-order valence-electron chi connectivity index (χ1n) is 6.90. The lowest BCUT2D eigenvalue weighted by Gasteiger charge is -2.07. The quantitative estimate of drug-likeness (QED) is 0.883. The normalized spacial score (nSPS) is 10.4. The Morgan fingerprint density at radius 3 is 2.52 bits per heavy atom. The van der Waals surface area contributed by atoms with Crippen LogP contribution in [0.2, 0.25) is 0 Å². The third-order valence-corrected chi connectivity index (χ3v) is 3.52. The van der Waals surface area contributed by atoms with Gasteiger partial charge >= 0.3 is 0 Å². The number of nitrogens with one attached hydrogen (secondary N) is 1. The number of aryl methyl sites for hydroxylation is 2. The minimum absolute atomic E-state index is 0.0805. The average Bonchev–Trinajstić information content (AvgIpc) is 2.72. The van der Waals surface area contributed by atoms with Gasteiger partial charge in [0.15, 0.2) is 6.61 Å². The second-order valence-electron chi connectivity index (χ2n) is 4.97. The Balaban J connectivity index is 1.87. The fourth-order valence-electron chi connectivity index (χ4n) is 2.22. The summed E-state index contributed by atoms with van der Waals surface area (Å²) in [6, 6.07) is 9.73. The summed E-state index contributed by atoms with van der Waals surface area (Å²) in [6.07, 6.45) is 0. The number of rotatable bonds is 6. The fraction of sp³-hybridized carbons (Fsp3) is 0.375. The summed E-state index contributed by atoms with van der Waals surface area (Å²) >= 11 is 0. The van der Waals surface area contributed by atoms with Gasteiger partial charge in [-0.05, 0) is 31.5 Å². The van der Waals surface area contributed by atoms with Gasteiger partial charge in [-0.1, -0.05) is 12.1 Å². The van der Waals surface area contributed by atoms with Gasteiger partial charge in [-0.3, -0.25) is 4.68 Å². The number of ether oxygens (including phenoxy) is 1. The minimum atomic E-state index is 0.0805. The first kappa shape index (κ1) is 15.1. The Hall–Kier alpha value is -2.32. The lowest BCUT2D eigenvalue weighted by atomic mass is 10.2. The Labute approximate surface area is 125 Å². The molecule has 5 nitrogen and oxygen atoms in total. The van der Waals surface area contributed by atoms with E-state index in [1.54, 1.807) is 0 Å². The van der Waals surface area contributed by atoms with Crippen molar-refractivity contribution < 1.29 is 4.74 Å². The highest BCUT2D eigenvalue weighted by Crippen LogP contribution is 2.13. The molecular formula is C16H20N4O. The molecule has 1 N–H and O–H groups in total. The van der Waals surface area contributed by atoms with Gasteiger partial charge in [0.25, 0.3) is 0 Å². The van der Waals surface area contributed by atoms with E-state index in [1.807, 2.05) is 49.0 Å². The van der Waals surface area contributed by atoms with Gasteiger partial charge in [-0.2, -0.15) is 10.4 Å². The van der Waals surface area contributed by atoms with Gasteiger partial charge in [0.1, 0.15) is 11.8 Å². The summed E-state index contributed by atoms with van der Waals surface area (Å²) in [6.45, 7) is 5.78. The molecule has 21 heavy (non-hydrogen) atoms. The maximum atomic E-state index is 8.46. The number of hydrogen-bond donors (Lipinski definition) is 1. The molecule has 0 amide bonds. The van der Waals surface area contributed by atoms with E-state index in [4.69, 9.17) is 10.00 Å². The minimum Gasteiger partial charge on any atom is -0.479 e. The summed E-state index contributed by atoms with van der Waals surface area (Å²) in [5.74, 6) is 0.722. The standard InChI is InChI=1S/C16H20N4O/c1-12-16(13(2)20(3)19-12)11-18-10-14-4-6-15(7-5-14)21-9-8-17/h4-7,18H,9-11H2,1-3H3. The van der Waals surface area contributed by atoms with Crippen LogP contribution in [-0.4, -0.2) is 16.4 Å². The van der Waals surface area contributed by atoms with Crippen molar-refractivity contribution in [3.8, 4) is 11.8 Å². The zero-order chi connectivity index (χ0) is 15.2. The molecule has 0 radical (unpaired) electrons. The molecule has 0 saturated heterocycles. The molecule has 0 bridgehead atoms. The zero-order valence-electron chi connectivity index (χ0n) is 12.7. The van der Waals surface area contributed by atoms with E-state index >= 15 is 0 Å². The largest absolute Gasteiger partial charge is 0.479 e. The molecule has 0 atom stereocenters. The highest BCUT2D eigenvalue weighted by atomic mass is 16.5. The van der Waals surface area contributed by atoms with Crippen LogP contribution in [0.4, 0.5) is 0 Å². The lowest BCUT2D eigenvalue weighted by molar-refractivity contribution is 0.368. The van der Waals surface area contributed by atoms with Gasteiger partial charge in [-0.15, -0.1) is 0 Å². The van der Waals surface area contributed by atoms with Crippen molar-refractivity contribution in [1.82, 2.24) is 15.1 Å². The first-order valence-corrected chi connectivity index (χ1v) is 6.90. The van der Waals surface area contributed by atoms with E-state index in [-0.39, 0.29) is 6.61 Å². The topological polar surface area (TPSA) is 62.9 Å². The second-order valence-corrected chi connectivity index (χ2v) is 4.97. The SMILES string of the molecule is Cc1nn(C)c(C)c1CNCc1ccc(OCC#N)cc1. The predicted octanol–water partition coefficient (Wildman–Crippen LogP) is 2.23. The van der Waals surface area contributed by atoms with Crippen LogP contribution in [-0.2, 0) is 20.1 Å². The first-order chi connectivity index (χ1) is 10.1. The van der Waals surface area contributed by atoms with Crippen LogP contribution in [0.3, 0.4) is 0 Å². The van der Waals surface area contributed by atoms with E-state index in [1.165, 1.54) is 16.8 Å². The number of nitriles is 1. The molecule has 2 aromatic rings. The summed E-state index contributed by atoms with van der Waals surface area (Å²) < 4.78 is 7.14. The van der Waals surface area contributed by atoms with E-state index in [9.17, 15) is 0 Å². The van der Waals surface area contributed by atoms with Crippen LogP contribution >= 0.6 is 0 Å². The molecule has 0 aliphatic carbocycles. The molecule has 0 aliphatic rings. The van der Waals surface area contributed by atoms with Gasteiger partial charge < -0.3 is 10.1 Å². The zero-order valence-corrected chi connectivity index (χ0v) is 12.7. The lowest BCUT2D eigenvalue weighted by Crippen LogP contribution is -2.13. The van der Waals surface area contributed by atoms with Crippen molar-refractivity contribution in [2.24, 2.45) is 7.05 Å². The molecule has 110 valence electrons. The molecule has 1 heterocycles. The Morgan fingerprint density at radius 1 is 1.24 bits per heavy atom. The van der Waals surface area contributed by atoms with Crippen LogP contribution in [0.5, 0.6) is 5.75 Å². The van der Waals surface area contributed by atoms with E-state index in [2.05, 4.69) is 17.3 Å². The molecule has 0 aliphatic heterocycles. The van der Waals surface area contributed by atoms with E-state index in [0.717, 1.165) is 24.5 Å². The maximum Gasteiger partial charge on any atom is 0.174 e. The molecule has 2 rings (SSSR count). The van der Waals surface area contributed by atoms with Gasteiger partial charge in [-0.25, -0.2) is 0 Å². The van der Waals surface area contributed by atoms with Crippen molar-refractivity contribution >= 4 is 0 Å². The van der Waals surface area contributed by atoms with Crippen molar-refractivity contribution in [1.29, 1.82) is 5.26 Å². The third kappa shape index (κ3) is 3.83. The predicted molar refractivity (Wildman–Crippen MR) is 80.8 cm³/mol. The molecule has 1 aromatic carbocycles. The number of hydrogen-bond acceptors (Lipinski definition) is 4. The molecule has 1 aromatic heterocycles. The smallest absolute Gasteiger partial charge is 0.174 e. The van der Waals surface area contributed by atoms with Crippen LogP contribution in [0.15, 0.2) is 24.3 Å².